The highest BCUT2D eigenvalue weighted by Gasteiger charge is 2.39. The Bertz CT molecular complexity index is 621. The van der Waals surface area contributed by atoms with Crippen molar-refractivity contribution in [3.63, 3.8) is 0 Å². The Morgan fingerprint density at radius 2 is 1.52 bits per heavy atom. The van der Waals surface area contributed by atoms with Gasteiger partial charge in [-0.25, -0.2) is 0 Å². The molecule has 2 nitrogen and oxygen atoms in total. The third-order valence-corrected chi connectivity index (χ3v) is 4.70. The average molecular weight is 307 g/mol. The molecule has 1 aliphatic rings. The normalized spacial score (nSPS) is 19.9. The molecular weight excluding hydrogens is 282 g/mol. The third-order valence-electron chi connectivity index (χ3n) is 4.70. The van der Waals surface area contributed by atoms with Crippen molar-refractivity contribution in [2.45, 2.75) is 37.3 Å². The van der Waals surface area contributed by atoms with Gasteiger partial charge >= 0.3 is 0 Å². The van der Waals surface area contributed by atoms with Crippen LogP contribution in [0.1, 0.15) is 31.4 Å². The summed E-state index contributed by atoms with van der Waals surface area (Å²) >= 11 is 0. The lowest BCUT2D eigenvalue weighted by Gasteiger charge is -2.33. The molecule has 1 atom stereocenters. The maximum Gasteiger partial charge on any atom is 0.0608 e. The molecule has 0 aliphatic heterocycles. The summed E-state index contributed by atoms with van der Waals surface area (Å²) in [5.41, 5.74) is 2.24. The number of aliphatic hydroxyl groups is 1. The Kier molecular flexibility index (Phi) is 4.38. The highest BCUT2D eigenvalue weighted by Crippen LogP contribution is 2.42. The Hall–Kier alpha value is -1.90. The molecule has 0 aromatic heterocycles. The van der Waals surface area contributed by atoms with Gasteiger partial charge in [0.05, 0.1) is 6.61 Å². The number of benzene rings is 2. The van der Waals surface area contributed by atoms with Crippen LogP contribution < -0.4 is 5.32 Å². The number of hydrogen-bond acceptors (Lipinski definition) is 2. The van der Waals surface area contributed by atoms with E-state index < -0.39 is 0 Å². The van der Waals surface area contributed by atoms with E-state index in [2.05, 4.69) is 78.1 Å². The van der Waals surface area contributed by atoms with E-state index in [0.29, 0.717) is 0 Å². The van der Waals surface area contributed by atoms with Gasteiger partial charge in [0.1, 0.15) is 0 Å². The van der Waals surface area contributed by atoms with Gasteiger partial charge in [-0.1, -0.05) is 72.8 Å². The molecule has 0 amide bonds. The summed E-state index contributed by atoms with van der Waals surface area (Å²) in [6.07, 6.45) is 5.53. The van der Waals surface area contributed by atoms with Gasteiger partial charge in [0.2, 0.25) is 0 Å². The Morgan fingerprint density at radius 3 is 2.00 bits per heavy atom. The molecule has 23 heavy (non-hydrogen) atoms. The van der Waals surface area contributed by atoms with Crippen molar-refractivity contribution in [1.29, 1.82) is 0 Å². The molecule has 0 spiro atoms. The minimum absolute atomic E-state index is 0.105. The van der Waals surface area contributed by atoms with Gasteiger partial charge < -0.3 is 10.4 Å². The lowest BCUT2D eigenvalue weighted by Crippen LogP contribution is -2.48. The third kappa shape index (κ3) is 3.24. The van der Waals surface area contributed by atoms with E-state index in [4.69, 9.17) is 0 Å². The molecule has 0 radical (unpaired) electrons. The van der Waals surface area contributed by atoms with Crippen molar-refractivity contribution in [1.82, 2.24) is 5.32 Å². The summed E-state index contributed by atoms with van der Waals surface area (Å²) in [6.45, 7) is 4.19. The van der Waals surface area contributed by atoms with Gasteiger partial charge in [-0.15, -0.1) is 0 Å². The summed E-state index contributed by atoms with van der Waals surface area (Å²) < 4.78 is 0. The Balaban J connectivity index is 1.96. The van der Waals surface area contributed by atoms with Gasteiger partial charge in [-0.05, 0) is 31.4 Å². The van der Waals surface area contributed by atoms with Crippen LogP contribution in [0.3, 0.4) is 0 Å². The van der Waals surface area contributed by atoms with E-state index in [9.17, 15) is 5.11 Å². The van der Waals surface area contributed by atoms with Crippen LogP contribution in [0.4, 0.5) is 0 Å². The molecule has 0 fully saturated rings. The zero-order chi connectivity index (χ0) is 16.3. The van der Waals surface area contributed by atoms with Gasteiger partial charge in [0.25, 0.3) is 0 Å². The van der Waals surface area contributed by atoms with Crippen LogP contribution in [0.25, 0.3) is 0 Å². The van der Waals surface area contributed by atoms with Crippen LogP contribution in [0.2, 0.25) is 0 Å². The second-order valence-corrected chi connectivity index (χ2v) is 7.06. The average Bonchev–Trinajstić information content (AvgIpc) is 3.01. The van der Waals surface area contributed by atoms with Gasteiger partial charge in [-0.2, -0.15) is 0 Å². The van der Waals surface area contributed by atoms with Crippen LogP contribution >= 0.6 is 0 Å². The smallest absolute Gasteiger partial charge is 0.0608 e. The predicted molar refractivity (Wildman–Crippen MR) is 95.5 cm³/mol. The van der Waals surface area contributed by atoms with E-state index in [1.807, 2.05) is 13.8 Å². The number of hydrogen-bond donors (Lipinski definition) is 2. The van der Waals surface area contributed by atoms with E-state index in [-0.39, 0.29) is 23.6 Å². The molecule has 1 unspecified atom stereocenters. The first kappa shape index (κ1) is 16.0. The molecule has 0 saturated heterocycles. The topological polar surface area (TPSA) is 32.3 Å². The van der Waals surface area contributed by atoms with E-state index in [1.165, 1.54) is 11.1 Å². The molecule has 2 N–H and O–H groups in total. The van der Waals surface area contributed by atoms with E-state index in [1.54, 1.807) is 0 Å². The van der Waals surface area contributed by atoms with Gasteiger partial charge in [-0.3, -0.25) is 0 Å². The van der Waals surface area contributed by atoms with Crippen molar-refractivity contribution in [2.24, 2.45) is 0 Å². The van der Waals surface area contributed by atoms with Gasteiger partial charge in [0, 0.05) is 17.0 Å². The fourth-order valence-corrected chi connectivity index (χ4v) is 3.48. The summed E-state index contributed by atoms with van der Waals surface area (Å²) in [5, 5.41) is 13.1. The SMILES string of the molecule is CC(C)(CO)NC1C=CC(c2ccccc2)(c2ccccc2)C1. The molecule has 2 aromatic rings. The number of aliphatic hydroxyl groups excluding tert-OH is 1. The van der Waals surface area contributed by atoms with Crippen molar-refractivity contribution >= 4 is 0 Å². The van der Waals surface area contributed by atoms with Crippen LogP contribution in [0, 0.1) is 0 Å². The predicted octanol–water partition coefficient (Wildman–Crippen LogP) is 3.66. The molecule has 0 heterocycles. The van der Waals surface area contributed by atoms with Crippen LogP contribution in [-0.2, 0) is 5.41 Å². The zero-order valence-corrected chi connectivity index (χ0v) is 13.9. The number of nitrogens with one attached hydrogen (secondary N) is 1. The largest absolute Gasteiger partial charge is 0.394 e. The molecule has 0 saturated carbocycles. The summed E-state index contributed by atoms with van der Waals surface area (Å²) in [5.74, 6) is 0. The minimum Gasteiger partial charge on any atom is -0.394 e. The summed E-state index contributed by atoms with van der Waals surface area (Å²) in [6, 6.07) is 21.6. The first-order chi connectivity index (χ1) is 11.1. The molecule has 2 aromatic carbocycles. The maximum atomic E-state index is 9.53. The second kappa shape index (κ2) is 6.31. The van der Waals surface area contributed by atoms with Crippen LogP contribution in [-0.4, -0.2) is 23.3 Å². The van der Waals surface area contributed by atoms with E-state index in [0.717, 1.165) is 6.42 Å². The highest BCUT2D eigenvalue weighted by atomic mass is 16.3. The molecule has 120 valence electrons. The quantitative estimate of drug-likeness (QED) is 0.826. The first-order valence-electron chi connectivity index (χ1n) is 8.25. The Labute approximate surface area is 138 Å². The molecule has 1 aliphatic carbocycles. The van der Waals surface area contributed by atoms with Gasteiger partial charge in [0.15, 0.2) is 0 Å². The number of rotatable bonds is 5. The monoisotopic (exact) mass is 307 g/mol. The molecule has 3 rings (SSSR count). The fraction of sp³-hybridized carbons (Fsp3) is 0.333. The maximum absolute atomic E-state index is 9.53. The van der Waals surface area contributed by atoms with Crippen molar-refractivity contribution in [3.8, 4) is 0 Å². The minimum atomic E-state index is -0.279. The summed E-state index contributed by atoms with van der Waals surface area (Å²) in [4.78, 5) is 0. The molecule has 2 heteroatoms. The van der Waals surface area contributed by atoms with Crippen LogP contribution in [0.15, 0.2) is 72.8 Å². The lowest BCUT2D eigenvalue weighted by molar-refractivity contribution is 0.179. The Morgan fingerprint density at radius 1 is 1.00 bits per heavy atom. The second-order valence-electron chi connectivity index (χ2n) is 7.06. The summed E-state index contributed by atoms with van der Waals surface area (Å²) in [7, 11) is 0. The fourth-order valence-electron chi connectivity index (χ4n) is 3.48. The van der Waals surface area contributed by atoms with Crippen molar-refractivity contribution in [2.75, 3.05) is 6.61 Å². The van der Waals surface area contributed by atoms with E-state index >= 15 is 0 Å². The molecule has 0 bridgehead atoms. The molecular formula is C21H25NO. The zero-order valence-electron chi connectivity index (χ0n) is 13.9. The lowest BCUT2D eigenvalue weighted by atomic mass is 9.73. The standard InChI is InChI=1S/C21H25NO/c1-20(2,16-23)22-19-13-14-21(15-19,17-9-5-3-6-10-17)18-11-7-4-8-12-18/h3-14,19,22-23H,15-16H2,1-2H3. The van der Waals surface area contributed by atoms with Crippen molar-refractivity contribution in [3.05, 3.63) is 83.9 Å². The van der Waals surface area contributed by atoms with Crippen LogP contribution in [0.5, 0.6) is 0 Å². The van der Waals surface area contributed by atoms with Crippen molar-refractivity contribution < 1.29 is 5.11 Å². The number of allylic oxidation sites excluding steroid dienone is 1. The first-order valence-corrected chi connectivity index (χ1v) is 8.25. The highest BCUT2D eigenvalue weighted by molar-refractivity contribution is 5.47.